The maximum atomic E-state index is 11.4. The van der Waals surface area contributed by atoms with E-state index in [2.05, 4.69) is 37.6 Å². The lowest BCUT2D eigenvalue weighted by molar-refractivity contribution is 0.0944. The van der Waals surface area contributed by atoms with Crippen molar-refractivity contribution in [2.24, 2.45) is 0 Å². The van der Waals surface area contributed by atoms with Gasteiger partial charge >= 0.3 is 0 Å². The molecular formula is C10H15IN2O2. The van der Waals surface area contributed by atoms with E-state index in [1.807, 2.05) is 0 Å². The van der Waals surface area contributed by atoms with E-state index in [0.717, 1.165) is 6.42 Å². The fourth-order valence-electron chi connectivity index (χ4n) is 1.20. The molecule has 15 heavy (non-hydrogen) atoms. The standard InChI is InChI=1S/C10H15IN2O2/c11-6-3-1-2-4-7-12-10(14)9-5-8-15-13-9/h5,8H,1-4,6-7H2,(H,12,14). The summed E-state index contributed by atoms with van der Waals surface area (Å²) in [5.74, 6) is -0.155. The van der Waals surface area contributed by atoms with Crippen LogP contribution in [0.15, 0.2) is 16.9 Å². The average Bonchev–Trinajstić information content (AvgIpc) is 2.76. The quantitative estimate of drug-likeness (QED) is 0.476. The number of hydrogen-bond donors (Lipinski definition) is 1. The maximum Gasteiger partial charge on any atom is 0.273 e. The Kier molecular flexibility index (Phi) is 6.38. The molecule has 0 aromatic carbocycles. The maximum absolute atomic E-state index is 11.4. The summed E-state index contributed by atoms with van der Waals surface area (Å²) in [5.41, 5.74) is 0.349. The van der Waals surface area contributed by atoms with Crippen LogP contribution in [0.1, 0.15) is 36.2 Å². The van der Waals surface area contributed by atoms with Gasteiger partial charge in [0.1, 0.15) is 6.26 Å². The number of nitrogens with zero attached hydrogens (tertiary/aromatic N) is 1. The lowest BCUT2D eigenvalue weighted by atomic mass is 10.2. The normalized spacial score (nSPS) is 10.2. The van der Waals surface area contributed by atoms with E-state index in [4.69, 9.17) is 0 Å². The Morgan fingerprint density at radius 1 is 1.40 bits per heavy atom. The Labute approximate surface area is 103 Å². The van der Waals surface area contributed by atoms with Crippen LogP contribution in [0.3, 0.4) is 0 Å². The van der Waals surface area contributed by atoms with Gasteiger partial charge in [0.15, 0.2) is 5.69 Å². The molecule has 0 aliphatic carbocycles. The van der Waals surface area contributed by atoms with Crippen molar-refractivity contribution in [1.29, 1.82) is 0 Å². The minimum absolute atomic E-state index is 0.155. The molecule has 1 N–H and O–H groups in total. The molecule has 84 valence electrons. The molecule has 0 radical (unpaired) electrons. The van der Waals surface area contributed by atoms with Crippen molar-refractivity contribution in [2.75, 3.05) is 11.0 Å². The highest BCUT2D eigenvalue weighted by Crippen LogP contribution is 2.01. The summed E-state index contributed by atoms with van der Waals surface area (Å²) in [6.07, 6.45) is 6.10. The van der Waals surface area contributed by atoms with E-state index in [0.29, 0.717) is 12.2 Å². The summed E-state index contributed by atoms with van der Waals surface area (Å²) in [6.45, 7) is 0.715. The molecule has 4 nitrogen and oxygen atoms in total. The number of unbranched alkanes of at least 4 members (excludes halogenated alkanes) is 3. The largest absolute Gasteiger partial charge is 0.364 e. The first-order valence-electron chi connectivity index (χ1n) is 5.09. The number of alkyl halides is 1. The Balaban J connectivity index is 2.03. The van der Waals surface area contributed by atoms with E-state index in [1.54, 1.807) is 6.07 Å². The third-order valence-corrected chi connectivity index (χ3v) is 2.78. The first-order valence-corrected chi connectivity index (χ1v) is 6.61. The molecule has 0 saturated heterocycles. The third-order valence-electron chi connectivity index (χ3n) is 2.02. The molecule has 0 atom stereocenters. The fraction of sp³-hybridized carbons (Fsp3) is 0.600. The van der Waals surface area contributed by atoms with Crippen molar-refractivity contribution in [3.05, 3.63) is 18.0 Å². The molecule has 1 aromatic rings. The van der Waals surface area contributed by atoms with Crippen LogP contribution in [0.2, 0.25) is 0 Å². The highest BCUT2D eigenvalue weighted by Gasteiger charge is 2.06. The van der Waals surface area contributed by atoms with Crippen molar-refractivity contribution >= 4 is 28.5 Å². The molecule has 1 rings (SSSR count). The Bertz CT molecular complexity index is 275. The average molecular weight is 322 g/mol. The third kappa shape index (κ3) is 5.15. The zero-order valence-electron chi connectivity index (χ0n) is 8.54. The van der Waals surface area contributed by atoms with Crippen molar-refractivity contribution < 1.29 is 9.32 Å². The SMILES string of the molecule is O=C(NCCCCCCI)c1ccon1. The molecule has 0 aliphatic rings. The molecule has 0 fully saturated rings. The first kappa shape index (κ1) is 12.5. The van der Waals surface area contributed by atoms with Gasteiger partial charge < -0.3 is 9.84 Å². The summed E-state index contributed by atoms with van der Waals surface area (Å²) in [6, 6.07) is 1.56. The van der Waals surface area contributed by atoms with Gasteiger partial charge in [-0.05, 0) is 17.3 Å². The molecule has 0 bridgehead atoms. The van der Waals surface area contributed by atoms with Crippen LogP contribution in [-0.4, -0.2) is 22.0 Å². The summed E-state index contributed by atoms with van der Waals surface area (Å²) in [5, 5.41) is 6.36. The highest BCUT2D eigenvalue weighted by molar-refractivity contribution is 14.1. The van der Waals surface area contributed by atoms with Gasteiger partial charge in [0, 0.05) is 12.6 Å². The minimum Gasteiger partial charge on any atom is -0.364 e. The molecule has 0 unspecified atom stereocenters. The van der Waals surface area contributed by atoms with Gasteiger partial charge in [-0.3, -0.25) is 4.79 Å². The number of halogens is 1. The zero-order valence-corrected chi connectivity index (χ0v) is 10.7. The number of nitrogens with one attached hydrogen (secondary N) is 1. The van der Waals surface area contributed by atoms with Crippen molar-refractivity contribution in [3.8, 4) is 0 Å². The number of aromatic nitrogens is 1. The molecule has 0 aliphatic heterocycles. The fourth-order valence-corrected chi connectivity index (χ4v) is 1.73. The highest BCUT2D eigenvalue weighted by atomic mass is 127. The first-order chi connectivity index (χ1) is 7.34. The van der Waals surface area contributed by atoms with Crippen LogP contribution in [0, 0.1) is 0 Å². The van der Waals surface area contributed by atoms with Crippen molar-refractivity contribution in [3.63, 3.8) is 0 Å². The van der Waals surface area contributed by atoms with Crippen LogP contribution in [0.4, 0.5) is 0 Å². The van der Waals surface area contributed by atoms with E-state index in [1.165, 1.54) is 30.0 Å². The number of hydrogen-bond acceptors (Lipinski definition) is 3. The van der Waals surface area contributed by atoms with Crippen molar-refractivity contribution in [2.45, 2.75) is 25.7 Å². The van der Waals surface area contributed by atoms with Crippen LogP contribution in [-0.2, 0) is 0 Å². The van der Waals surface area contributed by atoms with Crippen LogP contribution in [0.25, 0.3) is 0 Å². The molecule has 1 aromatic heterocycles. The predicted octanol–water partition coefficient (Wildman–Crippen LogP) is 2.40. The summed E-state index contributed by atoms with van der Waals surface area (Å²) >= 11 is 2.38. The summed E-state index contributed by atoms with van der Waals surface area (Å²) < 4.78 is 5.79. The Morgan fingerprint density at radius 3 is 2.87 bits per heavy atom. The number of carbonyl (C=O) groups is 1. The van der Waals surface area contributed by atoms with Gasteiger partial charge in [0.05, 0.1) is 0 Å². The summed E-state index contributed by atoms with van der Waals surface area (Å²) in [7, 11) is 0. The Morgan fingerprint density at radius 2 is 2.20 bits per heavy atom. The Hall–Kier alpha value is -0.590. The predicted molar refractivity (Wildman–Crippen MR) is 66.2 cm³/mol. The van der Waals surface area contributed by atoms with Gasteiger partial charge in [-0.1, -0.05) is 40.6 Å². The molecule has 0 spiro atoms. The smallest absolute Gasteiger partial charge is 0.273 e. The lowest BCUT2D eigenvalue weighted by Crippen LogP contribution is -2.24. The van der Waals surface area contributed by atoms with E-state index in [9.17, 15) is 4.79 Å². The molecule has 1 heterocycles. The molecule has 1 amide bonds. The van der Waals surface area contributed by atoms with E-state index < -0.39 is 0 Å². The lowest BCUT2D eigenvalue weighted by Gasteiger charge is -2.01. The van der Waals surface area contributed by atoms with Crippen molar-refractivity contribution in [1.82, 2.24) is 10.5 Å². The topological polar surface area (TPSA) is 55.1 Å². The molecule has 0 saturated carbocycles. The monoisotopic (exact) mass is 322 g/mol. The molecule has 5 heteroatoms. The van der Waals surface area contributed by atoms with Crippen LogP contribution in [0.5, 0.6) is 0 Å². The number of carbonyl (C=O) groups excluding carboxylic acids is 1. The minimum atomic E-state index is -0.155. The summed E-state index contributed by atoms with van der Waals surface area (Å²) in [4.78, 5) is 11.4. The second-order valence-corrected chi connectivity index (χ2v) is 4.32. The van der Waals surface area contributed by atoms with Crippen LogP contribution >= 0.6 is 22.6 Å². The second-order valence-electron chi connectivity index (χ2n) is 3.24. The van der Waals surface area contributed by atoms with Gasteiger partial charge in [-0.2, -0.15) is 0 Å². The van der Waals surface area contributed by atoms with E-state index in [-0.39, 0.29) is 5.91 Å². The second kappa shape index (κ2) is 7.67. The number of rotatable bonds is 7. The molecular weight excluding hydrogens is 307 g/mol. The zero-order chi connectivity index (χ0) is 10.9. The van der Waals surface area contributed by atoms with Crippen LogP contribution < -0.4 is 5.32 Å². The van der Waals surface area contributed by atoms with Gasteiger partial charge in [-0.15, -0.1) is 0 Å². The van der Waals surface area contributed by atoms with Gasteiger partial charge in [0.2, 0.25) is 0 Å². The van der Waals surface area contributed by atoms with Gasteiger partial charge in [0.25, 0.3) is 5.91 Å². The van der Waals surface area contributed by atoms with Gasteiger partial charge in [-0.25, -0.2) is 0 Å². The van der Waals surface area contributed by atoms with E-state index >= 15 is 0 Å². The number of amides is 1.